The van der Waals surface area contributed by atoms with Crippen LogP contribution in [-0.2, 0) is 9.59 Å². The number of carbonyl (C=O) groups is 3. The van der Waals surface area contributed by atoms with Crippen molar-refractivity contribution in [3.05, 3.63) is 12.4 Å². The molecule has 0 radical (unpaired) electrons. The van der Waals surface area contributed by atoms with Crippen molar-refractivity contribution in [3.63, 3.8) is 0 Å². The Morgan fingerprint density at radius 2 is 2.04 bits per heavy atom. The number of anilines is 1. The maximum Gasteiger partial charge on any atom is 0.321 e. The first-order valence-corrected chi connectivity index (χ1v) is 9.87. The summed E-state index contributed by atoms with van der Waals surface area (Å²) < 4.78 is 0. The van der Waals surface area contributed by atoms with Crippen molar-refractivity contribution in [2.24, 2.45) is 5.92 Å². The van der Waals surface area contributed by atoms with Crippen LogP contribution in [0.3, 0.4) is 0 Å². The summed E-state index contributed by atoms with van der Waals surface area (Å²) >= 11 is 0. The van der Waals surface area contributed by atoms with Crippen molar-refractivity contribution in [1.29, 1.82) is 0 Å². The van der Waals surface area contributed by atoms with Crippen LogP contribution in [0.15, 0.2) is 12.4 Å². The van der Waals surface area contributed by atoms with Crippen LogP contribution in [0.2, 0.25) is 0 Å². The molecule has 10 heteroatoms. The van der Waals surface area contributed by atoms with Gasteiger partial charge in [0.05, 0.1) is 0 Å². The first-order valence-electron chi connectivity index (χ1n) is 9.87. The molecular formula is C18H28N6O4. The van der Waals surface area contributed by atoms with E-state index in [0.29, 0.717) is 37.8 Å². The van der Waals surface area contributed by atoms with Crippen molar-refractivity contribution >= 4 is 23.8 Å². The van der Waals surface area contributed by atoms with E-state index in [1.54, 1.807) is 11.7 Å². The van der Waals surface area contributed by atoms with Crippen molar-refractivity contribution in [2.75, 3.05) is 25.0 Å². The number of hydrogen-bond donors (Lipinski definition) is 4. The maximum absolute atomic E-state index is 13.1. The highest BCUT2D eigenvalue weighted by atomic mass is 16.5. The Balaban J connectivity index is 1.64. The van der Waals surface area contributed by atoms with E-state index in [1.807, 2.05) is 0 Å². The second-order valence-corrected chi connectivity index (χ2v) is 7.46. The Labute approximate surface area is 163 Å². The molecule has 0 bridgehead atoms. The molecule has 1 atom stereocenters. The second kappa shape index (κ2) is 9.54. The first kappa shape index (κ1) is 20.1. The van der Waals surface area contributed by atoms with Gasteiger partial charge in [0.25, 0.3) is 5.91 Å². The molecule has 2 fully saturated rings. The van der Waals surface area contributed by atoms with Crippen LogP contribution in [0.1, 0.15) is 44.9 Å². The second-order valence-electron chi connectivity index (χ2n) is 7.46. The van der Waals surface area contributed by atoms with Gasteiger partial charge in [-0.3, -0.25) is 20.1 Å². The third-order valence-corrected chi connectivity index (χ3v) is 5.55. The molecular weight excluding hydrogens is 364 g/mol. The molecule has 1 aliphatic carbocycles. The molecule has 3 rings (SSSR count). The molecule has 2 aliphatic rings. The minimum absolute atomic E-state index is 0.231. The molecule has 1 saturated heterocycles. The molecule has 28 heavy (non-hydrogen) atoms. The third-order valence-electron chi connectivity index (χ3n) is 5.55. The molecule has 1 saturated carbocycles. The van der Waals surface area contributed by atoms with Crippen LogP contribution < -0.4 is 10.8 Å². The zero-order valence-corrected chi connectivity index (χ0v) is 15.9. The first-order chi connectivity index (χ1) is 13.6. The number of H-pyrrole nitrogens is 1. The Bertz CT molecular complexity index is 674. The number of nitrogens with zero attached hydrogens (tertiary/aromatic N) is 3. The third kappa shape index (κ3) is 5.00. The van der Waals surface area contributed by atoms with E-state index >= 15 is 0 Å². The van der Waals surface area contributed by atoms with Gasteiger partial charge < -0.3 is 14.8 Å². The summed E-state index contributed by atoms with van der Waals surface area (Å²) in [4.78, 5) is 47.1. The van der Waals surface area contributed by atoms with Crippen LogP contribution >= 0.6 is 0 Å². The van der Waals surface area contributed by atoms with Gasteiger partial charge in [0.1, 0.15) is 12.6 Å². The fourth-order valence-electron chi connectivity index (χ4n) is 4.07. The van der Waals surface area contributed by atoms with Gasteiger partial charge in [-0.2, -0.15) is 0 Å². The zero-order chi connectivity index (χ0) is 19.9. The van der Waals surface area contributed by atoms with Gasteiger partial charge in [0, 0.05) is 25.5 Å². The molecule has 1 aliphatic heterocycles. The summed E-state index contributed by atoms with van der Waals surface area (Å²) in [5.74, 6) is -0.0510. The standard InChI is InChI=1S/C18H28N6O4/c25-15(22-28)12-23(11-7-13-4-1-2-5-13)18(27)24-10-3-6-14(24)16(26)21-17-19-8-9-20-17/h8-9,13-14,28H,1-7,10-12H2,(H,22,25)(H2,19,20,21,26). The molecule has 1 unspecified atom stereocenters. The minimum atomic E-state index is -0.643. The average Bonchev–Trinajstić information content (AvgIpc) is 3.46. The van der Waals surface area contributed by atoms with Crippen LogP contribution in [0.4, 0.5) is 10.7 Å². The minimum Gasteiger partial charge on any atom is -0.331 e. The van der Waals surface area contributed by atoms with Gasteiger partial charge >= 0.3 is 6.03 Å². The van der Waals surface area contributed by atoms with Crippen molar-refractivity contribution in [3.8, 4) is 0 Å². The topological polar surface area (TPSA) is 131 Å². The molecule has 1 aromatic heterocycles. The van der Waals surface area contributed by atoms with Crippen LogP contribution in [-0.4, -0.2) is 68.5 Å². The predicted molar refractivity (Wildman–Crippen MR) is 100 cm³/mol. The number of carbonyl (C=O) groups excluding carboxylic acids is 3. The highest BCUT2D eigenvalue weighted by molar-refractivity contribution is 5.96. The summed E-state index contributed by atoms with van der Waals surface area (Å²) in [5, 5.41) is 11.5. The van der Waals surface area contributed by atoms with E-state index < -0.39 is 11.9 Å². The number of rotatable bonds is 7. The number of imidazole rings is 1. The number of hydrogen-bond acceptors (Lipinski definition) is 5. The lowest BCUT2D eigenvalue weighted by Gasteiger charge is -2.31. The van der Waals surface area contributed by atoms with Gasteiger partial charge in [-0.15, -0.1) is 0 Å². The van der Waals surface area contributed by atoms with Crippen LogP contribution in [0.5, 0.6) is 0 Å². The van der Waals surface area contributed by atoms with E-state index in [2.05, 4.69) is 15.3 Å². The fraction of sp³-hybridized carbons (Fsp3) is 0.667. The molecule has 2 heterocycles. The average molecular weight is 392 g/mol. The summed E-state index contributed by atoms with van der Waals surface area (Å²) in [6, 6.07) is -0.956. The summed E-state index contributed by atoms with van der Waals surface area (Å²) in [6.45, 7) is 0.654. The number of hydroxylamine groups is 1. The molecule has 4 amide bonds. The molecule has 1 aromatic rings. The van der Waals surface area contributed by atoms with E-state index in [9.17, 15) is 14.4 Å². The number of nitrogens with one attached hydrogen (secondary N) is 3. The molecule has 4 N–H and O–H groups in total. The lowest BCUT2D eigenvalue weighted by atomic mass is 10.0. The van der Waals surface area contributed by atoms with Gasteiger partial charge in [0.2, 0.25) is 11.9 Å². The quantitative estimate of drug-likeness (QED) is 0.411. The molecule has 10 nitrogen and oxygen atoms in total. The summed E-state index contributed by atoms with van der Waals surface area (Å²) in [7, 11) is 0. The summed E-state index contributed by atoms with van der Waals surface area (Å²) in [5.41, 5.74) is 1.59. The SMILES string of the molecule is O=C(CN(CCC1CCCC1)C(=O)N1CCCC1C(=O)Nc1ncc[nH]1)NO. The molecule has 154 valence electrons. The predicted octanol–water partition coefficient (Wildman–Crippen LogP) is 1.32. The number of urea groups is 1. The number of aromatic nitrogens is 2. The highest BCUT2D eigenvalue weighted by Gasteiger charge is 2.37. The largest absolute Gasteiger partial charge is 0.331 e. The lowest BCUT2D eigenvalue weighted by molar-refractivity contribution is -0.129. The van der Waals surface area contributed by atoms with Crippen molar-refractivity contribution in [1.82, 2.24) is 25.2 Å². The Hall–Kier alpha value is -2.62. The van der Waals surface area contributed by atoms with E-state index in [1.165, 1.54) is 28.8 Å². The highest BCUT2D eigenvalue weighted by Crippen LogP contribution is 2.28. The van der Waals surface area contributed by atoms with Crippen molar-refractivity contribution < 1.29 is 19.6 Å². The summed E-state index contributed by atoms with van der Waals surface area (Å²) in [6.07, 6.45) is 9.93. The molecule has 0 aromatic carbocycles. The van der Waals surface area contributed by atoms with Crippen LogP contribution in [0.25, 0.3) is 0 Å². The van der Waals surface area contributed by atoms with Gasteiger partial charge in [-0.25, -0.2) is 15.3 Å². The number of likely N-dealkylation sites (tertiary alicyclic amines) is 1. The smallest absolute Gasteiger partial charge is 0.321 e. The van der Waals surface area contributed by atoms with Crippen LogP contribution in [0, 0.1) is 5.92 Å². The Kier molecular flexibility index (Phi) is 6.85. The number of aromatic amines is 1. The maximum atomic E-state index is 13.1. The van der Waals surface area contributed by atoms with Gasteiger partial charge in [-0.05, 0) is 25.2 Å². The zero-order valence-electron chi connectivity index (χ0n) is 15.9. The van der Waals surface area contributed by atoms with E-state index in [-0.39, 0.29) is 18.5 Å². The Morgan fingerprint density at radius 1 is 1.25 bits per heavy atom. The molecule has 0 spiro atoms. The van der Waals surface area contributed by atoms with E-state index in [0.717, 1.165) is 19.3 Å². The fourth-order valence-corrected chi connectivity index (χ4v) is 4.07. The van der Waals surface area contributed by atoms with Crippen molar-refractivity contribution in [2.45, 2.75) is 51.0 Å². The monoisotopic (exact) mass is 392 g/mol. The van der Waals surface area contributed by atoms with Gasteiger partial charge in [0.15, 0.2) is 0 Å². The number of amides is 4. The lowest BCUT2D eigenvalue weighted by Crippen LogP contribution is -2.51. The van der Waals surface area contributed by atoms with Gasteiger partial charge in [-0.1, -0.05) is 25.7 Å². The Morgan fingerprint density at radius 3 is 2.71 bits per heavy atom. The van der Waals surface area contributed by atoms with E-state index in [4.69, 9.17) is 5.21 Å². The normalized spacial score (nSPS) is 19.6.